The zero-order chi connectivity index (χ0) is 12.4. The zero-order valence-corrected chi connectivity index (χ0v) is 11.4. The second kappa shape index (κ2) is 5.05. The first kappa shape index (κ1) is 14.0. The van der Waals surface area contributed by atoms with E-state index >= 15 is 0 Å². The maximum Gasteiger partial charge on any atom is 0.147 e. The van der Waals surface area contributed by atoms with E-state index in [2.05, 4.69) is 13.8 Å². The summed E-state index contributed by atoms with van der Waals surface area (Å²) in [7, 11) is -2.94. The van der Waals surface area contributed by atoms with Crippen LogP contribution in [-0.2, 0) is 9.84 Å². The van der Waals surface area contributed by atoms with Crippen molar-refractivity contribution in [3.8, 4) is 0 Å². The van der Waals surface area contributed by atoms with Crippen LogP contribution >= 0.6 is 0 Å². The molecular formula is C12H24O3S. The van der Waals surface area contributed by atoms with Gasteiger partial charge in [-0.1, -0.05) is 13.8 Å². The van der Waals surface area contributed by atoms with Crippen LogP contribution in [0.15, 0.2) is 0 Å². The van der Waals surface area contributed by atoms with Crippen molar-refractivity contribution in [3.05, 3.63) is 0 Å². The van der Waals surface area contributed by atoms with Crippen molar-refractivity contribution in [2.75, 3.05) is 12.0 Å². The number of aliphatic hydroxyl groups is 1. The number of hydrogen-bond donors (Lipinski definition) is 1. The summed E-state index contributed by atoms with van der Waals surface area (Å²) >= 11 is 0. The fourth-order valence-electron chi connectivity index (χ4n) is 2.38. The number of hydrogen-bond acceptors (Lipinski definition) is 3. The third-order valence-electron chi connectivity index (χ3n) is 3.71. The number of aliphatic hydroxyl groups excluding tert-OH is 1. The Morgan fingerprint density at radius 3 is 2.25 bits per heavy atom. The molecule has 1 atom stereocenters. The Morgan fingerprint density at radius 2 is 1.81 bits per heavy atom. The van der Waals surface area contributed by atoms with Crippen LogP contribution in [0.1, 0.15) is 46.0 Å². The van der Waals surface area contributed by atoms with Gasteiger partial charge in [-0.05, 0) is 43.4 Å². The first-order chi connectivity index (χ1) is 7.20. The molecule has 3 nitrogen and oxygen atoms in total. The van der Waals surface area contributed by atoms with Crippen LogP contribution in [0.3, 0.4) is 0 Å². The van der Waals surface area contributed by atoms with E-state index in [9.17, 15) is 13.5 Å². The molecule has 16 heavy (non-hydrogen) atoms. The highest BCUT2D eigenvalue weighted by Crippen LogP contribution is 2.39. The lowest BCUT2D eigenvalue weighted by Crippen LogP contribution is -2.30. The zero-order valence-electron chi connectivity index (χ0n) is 10.6. The Morgan fingerprint density at radius 1 is 1.31 bits per heavy atom. The molecule has 1 aliphatic carbocycles. The van der Waals surface area contributed by atoms with Crippen LogP contribution in [0.5, 0.6) is 0 Å². The number of rotatable bonds is 4. The minimum absolute atomic E-state index is 0.105. The normalized spacial score (nSPS) is 24.2. The molecule has 0 radical (unpaired) electrons. The molecule has 0 aromatic rings. The van der Waals surface area contributed by atoms with Gasteiger partial charge in [-0.15, -0.1) is 0 Å². The second-order valence-corrected chi connectivity index (χ2v) is 8.25. The molecule has 1 aliphatic rings. The monoisotopic (exact) mass is 248 g/mol. The molecule has 0 amide bonds. The molecule has 1 N–H and O–H groups in total. The van der Waals surface area contributed by atoms with Crippen LogP contribution in [0, 0.1) is 11.3 Å². The van der Waals surface area contributed by atoms with E-state index in [1.54, 1.807) is 0 Å². The number of sulfone groups is 1. The minimum atomic E-state index is -2.94. The Balaban J connectivity index is 2.36. The van der Waals surface area contributed by atoms with E-state index < -0.39 is 15.9 Å². The van der Waals surface area contributed by atoms with Gasteiger partial charge in [-0.2, -0.15) is 0 Å². The standard InChI is InChI=1S/C12H24O3S/c1-12(2)7-4-10(5-8-12)11(13)6-9-16(3,14)15/h10-11,13H,4-9H2,1-3H3. The van der Waals surface area contributed by atoms with Crippen LogP contribution in [0.2, 0.25) is 0 Å². The Hall–Kier alpha value is -0.0900. The van der Waals surface area contributed by atoms with Gasteiger partial charge in [0.05, 0.1) is 11.9 Å². The fourth-order valence-corrected chi connectivity index (χ4v) is 3.05. The van der Waals surface area contributed by atoms with Crippen LogP contribution in [0.4, 0.5) is 0 Å². The Bertz CT molecular complexity index is 309. The highest BCUT2D eigenvalue weighted by atomic mass is 32.2. The molecule has 1 rings (SSSR count). The van der Waals surface area contributed by atoms with Gasteiger partial charge < -0.3 is 5.11 Å². The van der Waals surface area contributed by atoms with Gasteiger partial charge in [0.1, 0.15) is 9.84 Å². The summed E-state index contributed by atoms with van der Waals surface area (Å²) in [6.45, 7) is 4.51. The highest BCUT2D eigenvalue weighted by Gasteiger charge is 2.30. The van der Waals surface area contributed by atoms with E-state index in [4.69, 9.17) is 0 Å². The lowest BCUT2D eigenvalue weighted by Gasteiger charge is -2.36. The first-order valence-electron chi connectivity index (χ1n) is 6.05. The maximum absolute atomic E-state index is 11.0. The summed E-state index contributed by atoms with van der Waals surface area (Å²) in [5.41, 5.74) is 0.396. The van der Waals surface area contributed by atoms with Crippen molar-refractivity contribution >= 4 is 9.84 Å². The predicted octanol–water partition coefficient (Wildman–Crippen LogP) is 2.00. The highest BCUT2D eigenvalue weighted by molar-refractivity contribution is 7.90. The van der Waals surface area contributed by atoms with Crippen molar-refractivity contribution < 1.29 is 13.5 Å². The topological polar surface area (TPSA) is 54.4 Å². The second-order valence-electron chi connectivity index (χ2n) is 5.99. The first-order valence-corrected chi connectivity index (χ1v) is 8.11. The Labute approximate surface area is 99.2 Å². The molecule has 0 aromatic heterocycles. The van der Waals surface area contributed by atoms with E-state index in [0.29, 0.717) is 17.8 Å². The van der Waals surface area contributed by atoms with E-state index in [1.165, 1.54) is 6.26 Å². The molecule has 4 heteroatoms. The molecule has 1 saturated carbocycles. The van der Waals surface area contributed by atoms with Gasteiger partial charge in [0.15, 0.2) is 0 Å². The van der Waals surface area contributed by atoms with Crippen molar-refractivity contribution in [2.24, 2.45) is 11.3 Å². The lowest BCUT2D eigenvalue weighted by molar-refractivity contribution is 0.0554. The molecule has 0 bridgehead atoms. The van der Waals surface area contributed by atoms with E-state index in [-0.39, 0.29) is 5.75 Å². The smallest absolute Gasteiger partial charge is 0.147 e. The van der Waals surface area contributed by atoms with E-state index in [0.717, 1.165) is 25.7 Å². The fraction of sp³-hybridized carbons (Fsp3) is 1.00. The van der Waals surface area contributed by atoms with Crippen molar-refractivity contribution in [1.29, 1.82) is 0 Å². The molecule has 0 heterocycles. The molecule has 1 unspecified atom stereocenters. The van der Waals surface area contributed by atoms with E-state index in [1.807, 2.05) is 0 Å². The largest absolute Gasteiger partial charge is 0.393 e. The third-order valence-corrected chi connectivity index (χ3v) is 4.69. The van der Waals surface area contributed by atoms with Gasteiger partial charge in [0.25, 0.3) is 0 Å². The van der Waals surface area contributed by atoms with Gasteiger partial charge in [-0.3, -0.25) is 0 Å². The quantitative estimate of drug-likeness (QED) is 0.828. The molecule has 0 aromatic carbocycles. The maximum atomic E-state index is 11.0. The van der Waals surface area contributed by atoms with Crippen molar-refractivity contribution in [2.45, 2.75) is 52.1 Å². The molecule has 0 saturated heterocycles. The van der Waals surface area contributed by atoms with Crippen LogP contribution in [-0.4, -0.2) is 31.6 Å². The summed E-state index contributed by atoms with van der Waals surface area (Å²) in [5.74, 6) is 0.406. The lowest BCUT2D eigenvalue weighted by atomic mass is 9.71. The van der Waals surface area contributed by atoms with Crippen LogP contribution < -0.4 is 0 Å². The molecule has 1 fully saturated rings. The Kier molecular flexibility index (Phi) is 4.41. The van der Waals surface area contributed by atoms with Crippen molar-refractivity contribution in [1.82, 2.24) is 0 Å². The average Bonchev–Trinajstić information content (AvgIpc) is 2.13. The summed E-state index contributed by atoms with van der Waals surface area (Å²) in [5, 5.41) is 9.94. The summed E-state index contributed by atoms with van der Waals surface area (Å²) in [6.07, 6.45) is 5.50. The molecule has 0 spiro atoms. The van der Waals surface area contributed by atoms with Gasteiger partial charge in [0, 0.05) is 6.26 Å². The summed E-state index contributed by atoms with van der Waals surface area (Å²) in [6, 6.07) is 0. The van der Waals surface area contributed by atoms with Crippen molar-refractivity contribution in [3.63, 3.8) is 0 Å². The molecular weight excluding hydrogens is 224 g/mol. The van der Waals surface area contributed by atoms with Gasteiger partial charge in [-0.25, -0.2) is 8.42 Å². The van der Waals surface area contributed by atoms with Crippen LogP contribution in [0.25, 0.3) is 0 Å². The minimum Gasteiger partial charge on any atom is -0.393 e. The van der Waals surface area contributed by atoms with Gasteiger partial charge >= 0.3 is 0 Å². The third kappa shape index (κ3) is 4.83. The average molecular weight is 248 g/mol. The SMILES string of the molecule is CC1(C)CCC(C(O)CCS(C)(=O)=O)CC1. The summed E-state index contributed by atoms with van der Waals surface area (Å²) in [4.78, 5) is 0. The summed E-state index contributed by atoms with van der Waals surface area (Å²) < 4.78 is 22.0. The predicted molar refractivity (Wildman–Crippen MR) is 66.1 cm³/mol. The molecule has 96 valence electrons. The van der Waals surface area contributed by atoms with Gasteiger partial charge in [0.2, 0.25) is 0 Å². The molecule has 0 aliphatic heterocycles.